The van der Waals surface area contributed by atoms with Crippen LogP contribution in [0.5, 0.6) is 0 Å². The van der Waals surface area contributed by atoms with Gasteiger partial charge in [0.25, 0.3) is 0 Å². The Morgan fingerprint density at radius 1 is 1.33 bits per heavy atom. The van der Waals surface area contributed by atoms with Gasteiger partial charge in [-0.2, -0.15) is 0 Å². The predicted molar refractivity (Wildman–Crippen MR) is 36.1 cm³/mol. The Morgan fingerprint density at radius 3 is 2.00 bits per heavy atom. The molecular formula is C3H4Cl3CrN2. The topological polar surface area (TPSA) is 28.7 Å². The first-order chi connectivity index (χ1) is 4.23. The van der Waals surface area contributed by atoms with E-state index >= 15 is 0 Å². The van der Waals surface area contributed by atoms with Gasteiger partial charge in [-0.05, 0) is 0 Å². The van der Waals surface area contributed by atoms with Crippen LogP contribution in [-0.2, 0) is 11.4 Å². The Bertz CT molecular complexity index is 101. The van der Waals surface area contributed by atoms with E-state index in [1.54, 1.807) is 18.7 Å². The van der Waals surface area contributed by atoms with Crippen molar-refractivity contribution < 1.29 is 11.4 Å². The average molecular weight is 226 g/mol. The molecule has 0 aliphatic heterocycles. The molecule has 1 aromatic rings. The van der Waals surface area contributed by atoms with Crippen LogP contribution in [0.3, 0.4) is 0 Å². The molecule has 1 N–H and O–H groups in total. The Hall–Kier alpha value is 0.612. The molecule has 0 atom stereocenters. The van der Waals surface area contributed by atoms with Gasteiger partial charge in [-0.1, -0.05) is 0 Å². The van der Waals surface area contributed by atoms with E-state index in [-0.39, 0.29) is 0 Å². The molecule has 0 aliphatic rings. The van der Waals surface area contributed by atoms with Crippen molar-refractivity contribution in [1.82, 2.24) is 9.97 Å². The third-order valence-corrected chi connectivity index (χ3v) is 0.406. The van der Waals surface area contributed by atoms with Gasteiger partial charge in [0, 0.05) is 12.4 Å². The van der Waals surface area contributed by atoms with Crippen molar-refractivity contribution in [3.63, 3.8) is 0 Å². The maximum absolute atomic E-state index is 4.93. The molecule has 53 valence electrons. The van der Waals surface area contributed by atoms with E-state index in [0.29, 0.717) is 0 Å². The van der Waals surface area contributed by atoms with Crippen LogP contribution >= 0.6 is 30.1 Å². The number of hydrogen-bond acceptors (Lipinski definition) is 1. The summed E-state index contributed by atoms with van der Waals surface area (Å²) in [6, 6.07) is 0. The zero-order chi connectivity index (χ0) is 7.11. The molecular weight excluding hydrogens is 222 g/mol. The molecule has 0 unspecified atom stereocenters. The number of nitrogens with one attached hydrogen (secondary N) is 1. The van der Waals surface area contributed by atoms with E-state index in [1.807, 2.05) is 0 Å². The number of aromatic nitrogens is 2. The SMILES string of the molecule is [Cl][Cr]([Cl])[Cl].c1c[nH]cn1. The minimum atomic E-state index is -1.62. The quantitative estimate of drug-likeness (QED) is 0.723. The molecule has 1 heterocycles. The molecule has 0 fully saturated rings. The molecule has 1 rings (SSSR count). The van der Waals surface area contributed by atoms with Gasteiger partial charge >= 0.3 is 41.5 Å². The molecule has 6 heteroatoms. The number of hydrogen-bond donors (Lipinski definition) is 1. The first kappa shape index (κ1) is 9.61. The van der Waals surface area contributed by atoms with Crippen molar-refractivity contribution in [3.8, 4) is 0 Å². The second-order valence-corrected chi connectivity index (χ2v) is 7.25. The molecule has 1 aromatic heterocycles. The minimum Gasteiger partial charge on any atom is -0.351 e. The predicted octanol–water partition coefficient (Wildman–Crippen LogP) is 2.48. The molecule has 0 amide bonds. The van der Waals surface area contributed by atoms with Crippen LogP contribution in [0.1, 0.15) is 0 Å². The standard InChI is InChI=1S/C3H4N2.3ClH.Cr/c1-2-5-3-4-1;;;;/h1-3H,(H,4,5);3*1H;/q;;;;+3/p-3. The van der Waals surface area contributed by atoms with Crippen LogP contribution in [0, 0.1) is 0 Å². The number of nitrogens with zero attached hydrogens (tertiary/aromatic N) is 1. The number of halogens is 3. The molecule has 0 aromatic carbocycles. The van der Waals surface area contributed by atoms with E-state index < -0.39 is 11.4 Å². The summed E-state index contributed by atoms with van der Waals surface area (Å²) in [5, 5.41) is 0. The summed E-state index contributed by atoms with van der Waals surface area (Å²) in [5.41, 5.74) is 0. The van der Waals surface area contributed by atoms with E-state index in [0.717, 1.165) is 0 Å². The summed E-state index contributed by atoms with van der Waals surface area (Å²) in [7, 11) is 14.8. The van der Waals surface area contributed by atoms with Gasteiger partial charge in [-0.3, -0.25) is 0 Å². The van der Waals surface area contributed by atoms with Crippen molar-refractivity contribution in [1.29, 1.82) is 0 Å². The Balaban J connectivity index is 0.000000148. The van der Waals surface area contributed by atoms with Crippen molar-refractivity contribution in [3.05, 3.63) is 18.7 Å². The molecule has 0 radical (unpaired) electrons. The van der Waals surface area contributed by atoms with Gasteiger partial charge in [0.15, 0.2) is 0 Å². The zero-order valence-corrected chi connectivity index (χ0v) is 7.76. The Kier molecular flexibility index (Phi) is 7.19. The third kappa shape index (κ3) is 12.0. The van der Waals surface area contributed by atoms with Crippen LogP contribution in [0.25, 0.3) is 0 Å². The molecule has 0 bridgehead atoms. The number of aromatic amines is 1. The van der Waals surface area contributed by atoms with Gasteiger partial charge in [-0.15, -0.1) is 0 Å². The fourth-order valence-electron chi connectivity index (χ4n) is 0.215. The van der Waals surface area contributed by atoms with Crippen LogP contribution in [0.4, 0.5) is 0 Å². The second kappa shape index (κ2) is 6.73. The number of imidazole rings is 1. The first-order valence-electron chi connectivity index (χ1n) is 1.89. The van der Waals surface area contributed by atoms with Crippen molar-refractivity contribution in [2.75, 3.05) is 0 Å². The normalized spacial score (nSPS) is 8.44. The van der Waals surface area contributed by atoms with Gasteiger partial charge in [-0.25, -0.2) is 4.98 Å². The maximum Gasteiger partial charge on any atom is 0.0919 e. The molecule has 9 heavy (non-hydrogen) atoms. The van der Waals surface area contributed by atoms with Crippen LogP contribution in [0.15, 0.2) is 18.7 Å². The summed E-state index contributed by atoms with van der Waals surface area (Å²) in [4.78, 5) is 6.42. The fourth-order valence-corrected chi connectivity index (χ4v) is 0.215. The van der Waals surface area contributed by atoms with E-state index in [1.165, 1.54) is 0 Å². The third-order valence-electron chi connectivity index (χ3n) is 0.406. The van der Waals surface area contributed by atoms with Crippen LogP contribution in [0.2, 0.25) is 0 Å². The largest absolute Gasteiger partial charge is 0.351 e. The van der Waals surface area contributed by atoms with E-state index in [4.69, 9.17) is 30.1 Å². The van der Waals surface area contributed by atoms with Gasteiger partial charge in [0.2, 0.25) is 0 Å². The molecule has 2 nitrogen and oxygen atoms in total. The number of H-pyrrole nitrogens is 1. The first-order valence-corrected chi connectivity index (χ1v) is 7.15. The van der Waals surface area contributed by atoms with Crippen molar-refractivity contribution in [2.24, 2.45) is 0 Å². The number of rotatable bonds is 0. The van der Waals surface area contributed by atoms with Crippen LogP contribution in [-0.4, -0.2) is 9.97 Å². The smallest absolute Gasteiger partial charge is 0.0919 e. The molecule has 0 saturated heterocycles. The van der Waals surface area contributed by atoms with E-state index in [2.05, 4.69) is 9.97 Å². The van der Waals surface area contributed by atoms with Crippen molar-refractivity contribution >= 4 is 30.1 Å². The van der Waals surface area contributed by atoms with Gasteiger partial charge in [0.1, 0.15) is 0 Å². The second-order valence-electron chi connectivity index (χ2n) is 0.936. The van der Waals surface area contributed by atoms with Gasteiger partial charge < -0.3 is 4.98 Å². The average Bonchev–Trinajstić information content (AvgIpc) is 2.11. The van der Waals surface area contributed by atoms with E-state index in [9.17, 15) is 0 Å². The maximum atomic E-state index is 4.93. The molecule has 0 aliphatic carbocycles. The summed E-state index contributed by atoms with van der Waals surface area (Å²) in [5.74, 6) is 0. The Morgan fingerprint density at radius 2 is 1.89 bits per heavy atom. The van der Waals surface area contributed by atoms with Gasteiger partial charge in [0.05, 0.1) is 6.33 Å². The molecule has 0 spiro atoms. The van der Waals surface area contributed by atoms with Crippen molar-refractivity contribution in [2.45, 2.75) is 0 Å². The summed E-state index contributed by atoms with van der Waals surface area (Å²) in [6.45, 7) is 0. The molecule has 0 saturated carbocycles. The zero-order valence-electron chi connectivity index (χ0n) is 4.22. The summed E-state index contributed by atoms with van der Waals surface area (Å²) >= 11 is -1.62. The summed E-state index contributed by atoms with van der Waals surface area (Å²) in [6.07, 6.45) is 5.08. The Labute approximate surface area is 70.1 Å². The monoisotopic (exact) mass is 225 g/mol. The fraction of sp³-hybridized carbons (Fsp3) is 0. The van der Waals surface area contributed by atoms with Crippen LogP contribution < -0.4 is 0 Å². The minimum absolute atomic E-state index is 1.62. The summed E-state index contributed by atoms with van der Waals surface area (Å²) < 4.78 is 0.